The minimum Gasteiger partial charge on any atom is -0.378 e. The highest BCUT2D eigenvalue weighted by Crippen LogP contribution is 2.27. The zero-order valence-corrected chi connectivity index (χ0v) is 14.7. The topological polar surface area (TPSA) is 61.9 Å². The molecule has 0 aromatic heterocycles. The molecule has 2 aromatic rings. The lowest BCUT2D eigenvalue weighted by Gasteiger charge is -2.29. The average Bonchev–Trinajstić information content (AvgIpc) is 2.98. The quantitative estimate of drug-likeness (QED) is 0.839. The first-order valence-corrected chi connectivity index (χ1v) is 8.93. The van der Waals surface area contributed by atoms with Crippen molar-refractivity contribution in [2.45, 2.75) is 12.5 Å². The van der Waals surface area contributed by atoms with Crippen molar-refractivity contribution in [1.29, 1.82) is 0 Å². The second-order valence-electron chi connectivity index (χ2n) is 6.59. The number of nitrogens with one attached hydrogen (secondary N) is 1. The van der Waals surface area contributed by atoms with Gasteiger partial charge >= 0.3 is 0 Å². The van der Waals surface area contributed by atoms with Gasteiger partial charge in [0.15, 0.2) is 0 Å². The highest BCUT2D eigenvalue weighted by atomic mass is 19.1. The number of imide groups is 1. The van der Waals surface area contributed by atoms with Crippen molar-refractivity contribution < 1.29 is 18.7 Å². The van der Waals surface area contributed by atoms with Gasteiger partial charge in [0.1, 0.15) is 11.9 Å². The second kappa shape index (κ2) is 7.36. The molecule has 0 saturated carbocycles. The van der Waals surface area contributed by atoms with E-state index in [0.717, 1.165) is 18.8 Å². The molecule has 140 valence electrons. The Labute approximate surface area is 156 Å². The van der Waals surface area contributed by atoms with Crippen molar-refractivity contribution in [3.8, 4) is 0 Å². The van der Waals surface area contributed by atoms with Gasteiger partial charge < -0.3 is 15.0 Å². The van der Waals surface area contributed by atoms with Crippen LogP contribution < -0.4 is 15.1 Å². The number of hydrogen-bond acceptors (Lipinski definition) is 5. The zero-order chi connectivity index (χ0) is 18.8. The first kappa shape index (κ1) is 17.5. The Hall–Kier alpha value is -2.93. The summed E-state index contributed by atoms with van der Waals surface area (Å²) >= 11 is 0. The molecule has 2 fully saturated rings. The summed E-state index contributed by atoms with van der Waals surface area (Å²) in [7, 11) is 0. The number of rotatable bonds is 4. The van der Waals surface area contributed by atoms with Crippen LogP contribution in [0, 0.1) is 5.82 Å². The van der Waals surface area contributed by atoms with Crippen LogP contribution in [0.4, 0.5) is 21.5 Å². The Kier molecular flexibility index (Phi) is 4.77. The highest BCUT2D eigenvalue weighted by molar-refractivity contribution is 6.23. The molecule has 0 bridgehead atoms. The SMILES string of the molecule is O=C1CC(Nc2ccc(F)cc2)C(=O)N1c1ccc(N2CCOCC2)cc1. The van der Waals surface area contributed by atoms with Gasteiger partial charge in [0.2, 0.25) is 5.91 Å². The number of carbonyl (C=O) groups is 2. The summed E-state index contributed by atoms with van der Waals surface area (Å²) in [5, 5.41) is 3.01. The van der Waals surface area contributed by atoms with Crippen molar-refractivity contribution >= 4 is 28.9 Å². The molecule has 1 N–H and O–H groups in total. The number of anilines is 3. The van der Waals surface area contributed by atoms with Crippen LogP contribution in [-0.4, -0.2) is 44.2 Å². The lowest BCUT2D eigenvalue weighted by atomic mass is 10.2. The van der Waals surface area contributed by atoms with Gasteiger partial charge in [-0.25, -0.2) is 9.29 Å². The van der Waals surface area contributed by atoms with Crippen LogP contribution in [0.3, 0.4) is 0 Å². The summed E-state index contributed by atoms with van der Waals surface area (Å²) in [5.74, 6) is -0.904. The molecule has 0 spiro atoms. The first-order chi connectivity index (χ1) is 13.1. The van der Waals surface area contributed by atoms with E-state index in [1.165, 1.54) is 17.0 Å². The number of ether oxygens (including phenoxy) is 1. The number of amides is 2. The average molecular weight is 369 g/mol. The fraction of sp³-hybridized carbons (Fsp3) is 0.300. The Morgan fingerprint density at radius 1 is 0.926 bits per heavy atom. The minimum absolute atomic E-state index is 0.0709. The molecule has 2 saturated heterocycles. The molecule has 0 radical (unpaired) electrons. The van der Waals surface area contributed by atoms with Gasteiger partial charge in [0, 0.05) is 24.5 Å². The van der Waals surface area contributed by atoms with Gasteiger partial charge in [-0.2, -0.15) is 0 Å². The van der Waals surface area contributed by atoms with Crippen LogP contribution in [0.25, 0.3) is 0 Å². The Morgan fingerprint density at radius 3 is 2.22 bits per heavy atom. The van der Waals surface area contributed by atoms with Gasteiger partial charge in [-0.05, 0) is 48.5 Å². The smallest absolute Gasteiger partial charge is 0.256 e. The highest BCUT2D eigenvalue weighted by Gasteiger charge is 2.39. The molecule has 2 aromatic carbocycles. The summed E-state index contributed by atoms with van der Waals surface area (Å²) in [5.41, 5.74) is 2.21. The van der Waals surface area contributed by atoms with E-state index in [2.05, 4.69) is 10.2 Å². The molecule has 2 heterocycles. The van der Waals surface area contributed by atoms with Gasteiger partial charge in [-0.3, -0.25) is 9.59 Å². The largest absolute Gasteiger partial charge is 0.378 e. The maximum Gasteiger partial charge on any atom is 0.256 e. The lowest BCUT2D eigenvalue weighted by molar-refractivity contribution is -0.121. The molecule has 6 nitrogen and oxygen atoms in total. The molecule has 2 aliphatic heterocycles. The Bertz CT molecular complexity index is 833. The number of carbonyl (C=O) groups excluding carboxylic acids is 2. The predicted molar refractivity (Wildman–Crippen MR) is 100 cm³/mol. The maximum atomic E-state index is 13.0. The maximum absolute atomic E-state index is 13.0. The molecule has 0 aliphatic carbocycles. The summed E-state index contributed by atoms with van der Waals surface area (Å²) in [6.45, 7) is 3.04. The van der Waals surface area contributed by atoms with Crippen LogP contribution in [-0.2, 0) is 14.3 Å². The third-order valence-electron chi connectivity index (χ3n) is 4.82. The molecule has 1 unspecified atom stereocenters. The van der Waals surface area contributed by atoms with Gasteiger partial charge in [0.05, 0.1) is 25.3 Å². The van der Waals surface area contributed by atoms with Crippen LogP contribution in [0.2, 0.25) is 0 Å². The number of morpholine rings is 1. The molecule has 1 atom stereocenters. The van der Waals surface area contributed by atoms with E-state index in [-0.39, 0.29) is 24.1 Å². The monoisotopic (exact) mass is 369 g/mol. The summed E-state index contributed by atoms with van der Waals surface area (Å²) in [6, 6.07) is 12.5. The van der Waals surface area contributed by atoms with Crippen LogP contribution in [0.1, 0.15) is 6.42 Å². The molecule has 2 amide bonds. The summed E-state index contributed by atoms with van der Waals surface area (Å²) in [4.78, 5) is 28.5. The Balaban J connectivity index is 1.47. The van der Waals surface area contributed by atoms with Crippen molar-refractivity contribution in [3.05, 3.63) is 54.3 Å². The molecule has 7 heteroatoms. The second-order valence-corrected chi connectivity index (χ2v) is 6.59. The molecule has 27 heavy (non-hydrogen) atoms. The first-order valence-electron chi connectivity index (χ1n) is 8.93. The van der Waals surface area contributed by atoms with E-state index in [1.807, 2.05) is 12.1 Å². The van der Waals surface area contributed by atoms with Crippen LogP contribution >= 0.6 is 0 Å². The Morgan fingerprint density at radius 2 is 1.56 bits per heavy atom. The third-order valence-corrected chi connectivity index (χ3v) is 4.82. The fourth-order valence-electron chi connectivity index (χ4n) is 3.40. The van der Waals surface area contributed by atoms with E-state index in [9.17, 15) is 14.0 Å². The molecule has 4 rings (SSSR count). The van der Waals surface area contributed by atoms with E-state index in [1.54, 1.807) is 24.3 Å². The molecule has 2 aliphatic rings. The lowest BCUT2D eigenvalue weighted by Crippen LogP contribution is -2.36. The predicted octanol–water partition coefficient (Wildman–Crippen LogP) is 2.41. The van der Waals surface area contributed by atoms with Crippen molar-refractivity contribution in [2.24, 2.45) is 0 Å². The standard InChI is InChI=1S/C20H20FN3O3/c21-14-1-3-15(4-2-14)22-18-13-19(25)24(20(18)26)17-7-5-16(6-8-17)23-9-11-27-12-10-23/h1-8,18,22H,9-13H2. The number of halogens is 1. The van der Waals surface area contributed by atoms with Crippen LogP contribution in [0.5, 0.6) is 0 Å². The van der Waals surface area contributed by atoms with E-state index in [0.29, 0.717) is 24.6 Å². The van der Waals surface area contributed by atoms with Crippen molar-refractivity contribution in [3.63, 3.8) is 0 Å². The molecular formula is C20H20FN3O3. The fourth-order valence-corrected chi connectivity index (χ4v) is 3.40. The third kappa shape index (κ3) is 3.64. The number of hydrogen-bond donors (Lipinski definition) is 1. The van der Waals surface area contributed by atoms with Gasteiger partial charge in [-0.1, -0.05) is 0 Å². The van der Waals surface area contributed by atoms with Gasteiger partial charge in [-0.15, -0.1) is 0 Å². The number of nitrogens with zero attached hydrogens (tertiary/aromatic N) is 2. The van der Waals surface area contributed by atoms with Gasteiger partial charge in [0.25, 0.3) is 5.91 Å². The summed E-state index contributed by atoms with van der Waals surface area (Å²) in [6.07, 6.45) is 0.0709. The number of benzene rings is 2. The minimum atomic E-state index is -0.651. The summed E-state index contributed by atoms with van der Waals surface area (Å²) < 4.78 is 18.4. The van der Waals surface area contributed by atoms with E-state index < -0.39 is 6.04 Å². The van der Waals surface area contributed by atoms with Crippen LogP contribution in [0.15, 0.2) is 48.5 Å². The zero-order valence-electron chi connectivity index (χ0n) is 14.7. The van der Waals surface area contributed by atoms with E-state index in [4.69, 9.17) is 4.74 Å². The van der Waals surface area contributed by atoms with E-state index >= 15 is 0 Å². The normalized spacial score (nSPS) is 20.3. The van der Waals surface area contributed by atoms with Crippen molar-refractivity contribution in [2.75, 3.05) is 41.4 Å². The molecular weight excluding hydrogens is 349 g/mol. The van der Waals surface area contributed by atoms with Crippen molar-refractivity contribution in [1.82, 2.24) is 0 Å².